The summed E-state index contributed by atoms with van der Waals surface area (Å²) in [5.41, 5.74) is 7.23. The molecule has 0 heterocycles. The van der Waals surface area contributed by atoms with Gasteiger partial charge in [0.2, 0.25) is 0 Å². The van der Waals surface area contributed by atoms with Crippen LogP contribution in [0.2, 0.25) is 0 Å². The van der Waals surface area contributed by atoms with E-state index in [1.807, 2.05) is 49.4 Å². The predicted molar refractivity (Wildman–Crippen MR) is 100 cm³/mol. The Morgan fingerprint density at radius 3 is 2.52 bits per heavy atom. The quantitative estimate of drug-likeness (QED) is 0.542. The summed E-state index contributed by atoms with van der Waals surface area (Å²) in [4.78, 5) is 11.8. The lowest BCUT2D eigenvalue weighted by molar-refractivity contribution is -0.123. The molecule has 0 spiro atoms. The highest BCUT2D eigenvalue weighted by atomic mass is 32.1. The third-order valence-electron chi connectivity index (χ3n) is 3.29. The van der Waals surface area contributed by atoms with Gasteiger partial charge in [0.1, 0.15) is 11.5 Å². The number of carbonyl (C=O) groups excluding carboxylic acids is 1. The van der Waals surface area contributed by atoms with Crippen molar-refractivity contribution in [2.24, 2.45) is 0 Å². The Morgan fingerprint density at radius 1 is 1.08 bits per heavy atom. The molecule has 0 bridgehead atoms. The molecule has 3 N–H and O–H groups in total. The molecule has 132 valence electrons. The summed E-state index contributed by atoms with van der Waals surface area (Å²) in [6.45, 7) is 2.39. The van der Waals surface area contributed by atoms with Gasteiger partial charge < -0.3 is 14.8 Å². The average molecular weight is 359 g/mol. The van der Waals surface area contributed by atoms with Crippen LogP contribution in [0.15, 0.2) is 48.5 Å². The summed E-state index contributed by atoms with van der Waals surface area (Å²) in [6, 6.07) is 15.1. The van der Waals surface area contributed by atoms with Crippen molar-refractivity contribution in [2.75, 3.05) is 13.7 Å². The van der Waals surface area contributed by atoms with Crippen LogP contribution >= 0.6 is 12.2 Å². The molecule has 0 unspecified atom stereocenters. The van der Waals surface area contributed by atoms with E-state index >= 15 is 0 Å². The first kappa shape index (κ1) is 18.5. The zero-order chi connectivity index (χ0) is 18.1. The maximum atomic E-state index is 11.8. The Hall–Kier alpha value is -2.80. The van der Waals surface area contributed by atoms with Crippen molar-refractivity contribution in [3.05, 3.63) is 59.7 Å². The molecular formula is C18H21N3O3S. The van der Waals surface area contributed by atoms with E-state index in [-0.39, 0.29) is 12.5 Å². The number of hydrazine groups is 1. The Bertz CT molecular complexity index is 720. The fourth-order valence-corrected chi connectivity index (χ4v) is 2.11. The van der Waals surface area contributed by atoms with Crippen LogP contribution in [0.4, 0.5) is 0 Å². The molecule has 7 heteroatoms. The summed E-state index contributed by atoms with van der Waals surface area (Å²) in [5, 5.41) is 3.32. The maximum absolute atomic E-state index is 11.8. The van der Waals surface area contributed by atoms with E-state index in [9.17, 15) is 4.79 Å². The summed E-state index contributed by atoms with van der Waals surface area (Å²) in [6.07, 6.45) is 0. The molecule has 0 fully saturated rings. The lowest BCUT2D eigenvalue weighted by atomic mass is 10.2. The number of amides is 1. The van der Waals surface area contributed by atoms with Crippen LogP contribution in [-0.2, 0) is 11.3 Å². The van der Waals surface area contributed by atoms with Crippen molar-refractivity contribution in [3.8, 4) is 11.5 Å². The van der Waals surface area contributed by atoms with E-state index < -0.39 is 0 Å². The zero-order valence-corrected chi connectivity index (χ0v) is 15.0. The van der Waals surface area contributed by atoms with Gasteiger partial charge in [-0.05, 0) is 54.5 Å². The number of methoxy groups -OCH3 is 1. The summed E-state index contributed by atoms with van der Waals surface area (Å²) in [7, 11) is 1.62. The second-order valence-electron chi connectivity index (χ2n) is 5.31. The fourth-order valence-electron chi connectivity index (χ4n) is 1.99. The first-order valence-electron chi connectivity index (χ1n) is 7.72. The Balaban J connectivity index is 1.65. The van der Waals surface area contributed by atoms with Crippen molar-refractivity contribution in [2.45, 2.75) is 13.5 Å². The van der Waals surface area contributed by atoms with E-state index in [0.29, 0.717) is 17.4 Å². The highest BCUT2D eigenvalue weighted by molar-refractivity contribution is 7.80. The minimum atomic E-state index is -0.324. The standard InChI is InChI=1S/C18H21N3O3S/c1-13-4-3-5-16(10-13)24-12-17(22)20-21-18(25)19-11-14-6-8-15(23-2)9-7-14/h3-10H,11-12H2,1-2H3,(H,20,22)(H2,19,21,25). The van der Waals surface area contributed by atoms with Gasteiger partial charge in [-0.1, -0.05) is 24.3 Å². The van der Waals surface area contributed by atoms with Crippen LogP contribution in [0.25, 0.3) is 0 Å². The van der Waals surface area contributed by atoms with Gasteiger partial charge in [-0.3, -0.25) is 15.6 Å². The highest BCUT2D eigenvalue weighted by Crippen LogP contribution is 2.12. The minimum absolute atomic E-state index is 0.0997. The second-order valence-corrected chi connectivity index (χ2v) is 5.72. The topological polar surface area (TPSA) is 71.6 Å². The molecule has 0 saturated heterocycles. The van der Waals surface area contributed by atoms with E-state index in [0.717, 1.165) is 16.9 Å². The van der Waals surface area contributed by atoms with E-state index in [2.05, 4.69) is 16.2 Å². The summed E-state index contributed by atoms with van der Waals surface area (Å²) < 4.78 is 10.5. The molecule has 0 aromatic heterocycles. The van der Waals surface area contributed by atoms with Crippen LogP contribution in [0, 0.1) is 6.92 Å². The van der Waals surface area contributed by atoms with Gasteiger partial charge in [0.05, 0.1) is 7.11 Å². The molecule has 0 aliphatic heterocycles. The molecule has 1 amide bonds. The molecule has 2 rings (SSSR count). The number of thiocarbonyl (C=S) groups is 1. The molecule has 0 aliphatic rings. The van der Waals surface area contributed by atoms with E-state index in [1.165, 1.54) is 0 Å². The maximum Gasteiger partial charge on any atom is 0.276 e. The lowest BCUT2D eigenvalue weighted by Crippen LogP contribution is -2.48. The molecule has 2 aromatic rings. The molecule has 0 atom stereocenters. The van der Waals surface area contributed by atoms with Crippen LogP contribution in [-0.4, -0.2) is 24.7 Å². The van der Waals surface area contributed by atoms with Gasteiger partial charge in [0.15, 0.2) is 11.7 Å². The van der Waals surface area contributed by atoms with Crippen molar-refractivity contribution in [1.82, 2.24) is 16.2 Å². The number of ether oxygens (including phenoxy) is 2. The molecule has 0 radical (unpaired) electrons. The van der Waals surface area contributed by atoms with Gasteiger partial charge in [0, 0.05) is 6.54 Å². The molecule has 25 heavy (non-hydrogen) atoms. The van der Waals surface area contributed by atoms with Crippen LogP contribution in [0.3, 0.4) is 0 Å². The van der Waals surface area contributed by atoms with Gasteiger partial charge >= 0.3 is 0 Å². The Labute approximate surface area is 152 Å². The lowest BCUT2D eigenvalue weighted by Gasteiger charge is -2.12. The monoisotopic (exact) mass is 359 g/mol. The van der Waals surface area contributed by atoms with Crippen LogP contribution in [0.1, 0.15) is 11.1 Å². The van der Waals surface area contributed by atoms with Crippen molar-refractivity contribution < 1.29 is 14.3 Å². The van der Waals surface area contributed by atoms with Crippen molar-refractivity contribution in [3.63, 3.8) is 0 Å². The number of aryl methyl sites for hydroxylation is 1. The third kappa shape index (κ3) is 6.68. The summed E-state index contributed by atoms with van der Waals surface area (Å²) >= 11 is 5.11. The zero-order valence-electron chi connectivity index (χ0n) is 14.2. The van der Waals surface area contributed by atoms with E-state index in [4.69, 9.17) is 21.7 Å². The fraction of sp³-hybridized carbons (Fsp3) is 0.222. The van der Waals surface area contributed by atoms with Crippen LogP contribution in [0.5, 0.6) is 11.5 Å². The summed E-state index contributed by atoms with van der Waals surface area (Å²) in [5.74, 6) is 1.12. The second kappa shape index (κ2) is 9.48. The Kier molecular flexibility index (Phi) is 7.03. The molecule has 0 aliphatic carbocycles. The number of rotatable bonds is 6. The highest BCUT2D eigenvalue weighted by Gasteiger charge is 2.04. The SMILES string of the molecule is COc1ccc(CNC(=S)NNC(=O)COc2cccc(C)c2)cc1. The first-order chi connectivity index (χ1) is 12.1. The minimum Gasteiger partial charge on any atom is -0.497 e. The largest absolute Gasteiger partial charge is 0.497 e. The van der Waals surface area contributed by atoms with Gasteiger partial charge in [-0.2, -0.15) is 0 Å². The average Bonchev–Trinajstić information content (AvgIpc) is 2.63. The molecular weight excluding hydrogens is 338 g/mol. The molecule has 0 saturated carbocycles. The normalized spacial score (nSPS) is 9.84. The van der Waals surface area contributed by atoms with E-state index in [1.54, 1.807) is 13.2 Å². The van der Waals surface area contributed by atoms with Gasteiger partial charge in [-0.25, -0.2) is 0 Å². The number of carbonyl (C=O) groups is 1. The van der Waals surface area contributed by atoms with Crippen LogP contribution < -0.4 is 25.6 Å². The number of hydrogen-bond donors (Lipinski definition) is 3. The number of benzene rings is 2. The molecule has 6 nitrogen and oxygen atoms in total. The Morgan fingerprint density at radius 2 is 1.84 bits per heavy atom. The van der Waals surface area contributed by atoms with Crippen molar-refractivity contribution >= 4 is 23.2 Å². The molecule has 2 aromatic carbocycles. The number of hydrogen-bond acceptors (Lipinski definition) is 4. The van der Waals surface area contributed by atoms with Gasteiger partial charge in [0.25, 0.3) is 5.91 Å². The number of nitrogens with one attached hydrogen (secondary N) is 3. The predicted octanol–water partition coefficient (Wildman–Crippen LogP) is 2.08. The van der Waals surface area contributed by atoms with Crippen molar-refractivity contribution in [1.29, 1.82) is 0 Å². The van der Waals surface area contributed by atoms with Gasteiger partial charge in [-0.15, -0.1) is 0 Å². The third-order valence-corrected chi connectivity index (χ3v) is 3.53. The first-order valence-corrected chi connectivity index (χ1v) is 8.13. The smallest absolute Gasteiger partial charge is 0.276 e.